The van der Waals surface area contributed by atoms with Gasteiger partial charge in [0.1, 0.15) is 6.54 Å². The fourth-order valence-electron chi connectivity index (χ4n) is 3.35. The maximum Gasteiger partial charge on any atom is 0.350 e. The van der Waals surface area contributed by atoms with Crippen molar-refractivity contribution >= 4 is 23.1 Å². The number of aromatic nitrogens is 4. The molecule has 3 heterocycles. The third-order valence-corrected chi connectivity index (χ3v) is 4.97. The summed E-state index contributed by atoms with van der Waals surface area (Å²) in [5, 5.41) is 7.20. The smallest absolute Gasteiger partial charge is 0.350 e. The zero-order chi connectivity index (χ0) is 19.0. The summed E-state index contributed by atoms with van der Waals surface area (Å²) >= 11 is 0. The normalized spacial score (nSPS) is 14.1. The van der Waals surface area contributed by atoms with Gasteiger partial charge in [0.2, 0.25) is 11.6 Å². The molecule has 1 aromatic carbocycles. The average molecular weight is 366 g/mol. The number of rotatable bonds is 4. The predicted molar refractivity (Wildman–Crippen MR) is 103 cm³/mol. The largest absolute Gasteiger partial charge is 0.353 e. The maximum atomic E-state index is 12.6. The van der Waals surface area contributed by atoms with Crippen molar-refractivity contribution in [1.29, 1.82) is 0 Å². The molecule has 1 N–H and O–H groups in total. The molecule has 0 bridgehead atoms. The number of benzene rings is 1. The topological polar surface area (TPSA) is 84.5 Å². The SMILES string of the molecule is Cc1ccc(NC(=O)Cn2nc3c(N4CCCC4)nccn3c2=O)cc1C. The van der Waals surface area contributed by atoms with Gasteiger partial charge in [-0.1, -0.05) is 6.07 Å². The Labute approximate surface area is 156 Å². The quantitative estimate of drug-likeness (QED) is 0.760. The summed E-state index contributed by atoms with van der Waals surface area (Å²) < 4.78 is 2.64. The highest BCUT2D eigenvalue weighted by atomic mass is 16.2. The number of nitrogens with one attached hydrogen (secondary N) is 1. The molecule has 1 aliphatic heterocycles. The first-order chi connectivity index (χ1) is 13.0. The minimum atomic E-state index is -0.344. The van der Waals surface area contributed by atoms with Gasteiger partial charge in [-0.3, -0.25) is 4.79 Å². The van der Waals surface area contributed by atoms with E-state index in [1.807, 2.05) is 32.0 Å². The number of aryl methyl sites for hydroxylation is 2. The highest BCUT2D eigenvalue weighted by Crippen LogP contribution is 2.20. The Morgan fingerprint density at radius 1 is 1.19 bits per heavy atom. The van der Waals surface area contributed by atoms with Crippen molar-refractivity contribution in [3.8, 4) is 0 Å². The summed E-state index contributed by atoms with van der Waals surface area (Å²) in [6.45, 7) is 5.67. The first kappa shape index (κ1) is 17.3. The van der Waals surface area contributed by atoms with E-state index in [2.05, 4.69) is 20.3 Å². The first-order valence-corrected chi connectivity index (χ1v) is 9.09. The summed E-state index contributed by atoms with van der Waals surface area (Å²) in [5.74, 6) is 0.403. The second kappa shape index (κ2) is 6.86. The van der Waals surface area contributed by atoms with Gasteiger partial charge < -0.3 is 10.2 Å². The van der Waals surface area contributed by atoms with E-state index in [1.54, 1.807) is 12.4 Å². The van der Waals surface area contributed by atoms with E-state index >= 15 is 0 Å². The van der Waals surface area contributed by atoms with E-state index in [9.17, 15) is 9.59 Å². The van der Waals surface area contributed by atoms with Crippen LogP contribution in [0.1, 0.15) is 24.0 Å². The highest BCUT2D eigenvalue weighted by molar-refractivity contribution is 5.90. The van der Waals surface area contributed by atoms with Gasteiger partial charge in [-0.15, -0.1) is 5.10 Å². The minimum absolute atomic E-state index is 0.146. The first-order valence-electron chi connectivity index (χ1n) is 9.09. The average Bonchev–Trinajstić information content (AvgIpc) is 3.27. The van der Waals surface area contributed by atoms with E-state index < -0.39 is 0 Å². The zero-order valence-electron chi connectivity index (χ0n) is 15.5. The van der Waals surface area contributed by atoms with Crippen molar-refractivity contribution in [1.82, 2.24) is 19.2 Å². The van der Waals surface area contributed by atoms with Crippen LogP contribution < -0.4 is 15.9 Å². The van der Waals surface area contributed by atoms with Crippen molar-refractivity contribution in [2.24, 2.45) is 0 Å². The zero-order valence-corrected chi connectivity index (χ0v) is 15.5. The van der Waals surface area contributed by atoms with E-state index in [4.69, 9.17) is 0 Å². The van der Waals surface area contributed by atoms with Crippen LogP contribution in [-0.4, -0.2) is 38.2 Å². The van der Waals surface area contributed by atoms with E-state index in [0.29, 0.717) is 17.2 Å². The van der Waals surface area contributed by atoms with Gasteiger partial charge in [-0.2, -0.15) is 0 Å². The number of hydrogen-bond donors (Lipinski definition) is 1. The van der Waals surface area contributed by atoms with Crippen molar-refractivity contribution in [2.45, 2.75) is 33.2 Å². The van der Waals surface area contributed by atoms with Crippen molar-refractivity contribution in [3.63, 3.8) is 0 Å². The molecular weight excluding hydrogens is 344 g/mol. The van der Waals surface area contributed by atoms with Crippen LogP contribution in [0.4, 0.5) is 11.5 Å². The highest BCUT2D eigenvalue weighted by Gasteiger charge is 2.20. The number of nitrogens with zero attached hydrogens (tertiary/aromatic N) is 5. The van der Waals surface area contributed by atoms with Gasteiger partial charge in [0.05, 0.1) is 0 Å². The molecule has 0 spiro atoms. The molecule has 140 valence electrons. The maximum absolute atomic E-state index is 12.6. The lowest BCUT2D eigenvalue weighted by Gasteiger charge is -2.15. The van der Waals surface area contributed by atoms with E-state index in [0.717, 1.165) is 37.1 Å². The Kier molecular flexibility index (Phi) is 4.39. The molecule has 0 radical (unpaired) electrons. The fraction of sp³-hybridized carbons (Fsp3) is 0.368. The number of fused-ring (bicyclic) bond motifs is 1. The number of amides is 1. The lowest BCUT2D eigenvalue weighted by Crippen LogP contribution is -2.28. The monoisotopic (exact) mass is 366 g/mol. The predicted octanol–water partition coefficient (Wildman–Crippen LogP) is 1.75. The third-order valence-electron chi connectivity index (χ3n) is 4.97. The molecular formula is C19H22N6O2. The van der Waals surface area contributed by atoms with Crippen LogP contribution in [0.5, 0.6) is 0 Å². The minimum Gasteiger partial charge on any atom is -0.353 e. The van der Waals surface area contributed by atoms with Gasteiger partial charge in [-0.05, 0) is 49.9 Å². The summed E-state index contributed by atoms with van der Waals surface area (Å²) in [5.41, 5.74) is 3.11. The fourth-order valence-corrected chi connectivity index (χ4v) is 3.35. The van der Waals surface area contributed by atoms with Crippen molar-refractivity contribution in [2.75, 3.05) is 23.3 Å². The van der Waals surface area contributed by atoms with Crippen molar-refractivity contribution < 1.29 is 4.79 Å². The third kappa shape index (κ3) is 3.30. The molecule has 0 atom stereocenters. The molecule has 8 heteroatoms. The number of carbonyl (C=O) groups is 1. The summed E-state index contributed by atoms with van der Waals surface area (Å²) in [7, 11) is 0. The molecule has 1 aliphatic rings. The van der Waals surface area contributed by atoms with Gasteiger partial charge in [0, 0.05) is 31.2 Å². The molecule has 1 amide bonds. The molecule has 27 heavy (non-hydrogen) atoms. The summed E-state index contributed by atoms with van der Waals surface area (Å²) in [4.78, 5) is 31.5. The standard InChI is InChI=1S/C19H22N6O2/c1-13-5-6-15(11-14(13)2)21-16(26)12-25-19(27)24-10-7-20-17(18(24)22-25)23-8-3-4-9-23/h5-7,10-11H,3-4,8-9,12H2,1-2H3,(H,21,26). The van der Waals surface area contributed by atoms with Crippen LogP contribution >= 0.6 is 0 Å². The number of hydrogen-bond acceptors (Lipinski definition) is 5. The Morgan fingerprint density at radius 2 is 1.96 bits per heavy atom. The second-order valence-corrected chi connectivity index (χ2v) is 6.93. The molecule has 3 aromatic rings. The molecule has 0 unspecified atom stereocenters. The van der Waals surface area contributed by atoms with Gasteiger partial charge in [0.25, 0.3) is 0 Å². The van der Waals surface area contributed by atoms with Crippen LogP contribution in [0.25, 0.3) is 5.65 Å². The Morgan fingerprint density at radius 3 is 2.70 bits per heavy atom. The van der Waals surface area contributed by atoms with Crippen LogP contribution in [0.15, 0.2) is 35.4 Å². The van der Waals surface area contributed by atoms with Crippen LogP contribution in [-0.2, 0) is 11.3 Å². The van der Waals surface area contributed by atoms with Crippen molar-refractivity contribution in [3.05, 3.63) is 52.2 Å². The molecule has 0 aliphatic carbocycles. The molecule has 8 nitrogen and oxygen atoms in total. The lowest BCUT2D eigenvalue weighted by atomic mass is 10.1. The van der Waals surface area contributed by atoms with Crippen LogP contribution in [0.2, 0.25) is 0 Å². The number of carbonyl (C=O) groups excluding carboxylic acids is 1. The second-order valence-electron chi connectivity index (χ2n) is 6.93. The van der Waals surface area contributed by atoms with Gasteiger partial charge in [0.15, 0.2) is 5.82 Å². The summed E-state index contributed by atoms with van der Waals surface area (Å²) in [6.07, 6.45) is 5.39. The van der Waals surface area contributed by atoms with Crippen LogP contribution in [0, 0.1) is 13.8 Å². The molecule has 2 aromatic heterocycles. The Bertz CT molecular complexity index is 1060. The molecule has 0 saturated carbocycles. The van der Waals surface area contributed by atoms with E-state index in [1.165, 1.54) is 9.08 Å². The number of anilines is 2. The van der Waals surface area contributed by atoms with Crippen LogP contribution in [0.3, 0.4) is 0 Å². The Balaban J connectivity index is 1.59. The van der Waals surface area contributed by atoms with Gasteiger partial charge >= 0.3 is 5.69 Å². The molecule has 4 rings (SSSR count). The molecule has 1 saturated heterocycles. The molecule has 1 fully saturated rings. The summed E-state index contributed by atoms with van der Waals surface area (Å²) in [6, 6.07) is 5.72. The van der Waals surface area contributed by atoms with Gasteiger partial charge in [-0.25, -0.2) is 18.9 Å². The van der Waals surface area contributed by atoms with E-state index in [-0.39, 0.29) is 18.1 Å². The lowest BCUT2D eigenvalue weighted by molar-refractivity contribution is -0.117. The Hall–Kier alpha value is -3.16.